The van der Waals surface area contributed by atoms with Crippen LogP contribution in [-0.2, 0) is 10.0 Å². The van der Waals surface area contributed by atoms with E-state index in [1.54, 1.807) is 26.8 Å². The minimum Gasteiger partial charge on any atom is -0.495 e. The predicted octanol–water partition coefficient (Wildman–Crippen LogP) is 3.08. The molecule has 0 heterocycles. The predicted molar refractivity (Wildman–Crippen MR) is 102 cm³/mol. The molecule has 0 saturated heterocycles. The lowest BCUT2D eigenvalue weighted by molar-refractivity contribution is 0.0910. The number of hydrogen-bond acceptors (Lipinski definition) is 4. The molecule has 7 heteroatoms. The van der Waals surface area contributed by atoms with Gasteiger partial charge in [-0.05, 0) is 57.7 Å². The molecule has 2 rings (SSSR count). The molecule has 0 radical (unpaired) electrons. The first-order valence-electron chi connectivity index (χ1n) is 9.06. The van der Waals surface area contributed by atoms with Crippen LogP contribution < -0.4 is 14.8 Å². The molecule has 0 spiro atoms. The SMILES string of the molecule is COc1ccc(C(=O)NC2CCCCC2C)cc1S(=O)(=O)NC(C)(C)C. The summed E-state index contributed by atoms with van der Waals surface area (Å²) in [4.78, 5) is 12.6. The van der Waals surface area contributed by atoms with E-state index in [1.807, 2.05) is 0 Å². The topological polar surface area (TPSA) is 84.5 Å². The molecule has 2 atom stereocenters. The molecule has 1 aliphatic carbocycles. The van der Waals surface area contributed by atoms with Crippen molar-refractivity contribution in [2.24, 2.45) is 5.92 Å². The summed E-state index contributed by atoms with van der Waals surface area (Å²) in [6.07, 6.45) is 4.35. The summed E-state index contributed by atoms with van der Waals surface area (Å²) in [6.45, 7) is 7.43. The Hall–Kier alpha value is -1.60. The average Bonchev–Trinajstić information content (AvgIpc) is 2.54. The third kappa shape index (κ3) is 5.20. The fourth-order valence-electron chi connectivity index (χ4n) is 3.27. The Morgan fingerprint density at radius 1 is 1.19 bits per heavy atom. The van der Waals surface area contributed by atoms with E-state index < -0.39 is 15.6 Å². The zero-order chi connectivity index (χ0) is 19.5. The van der Waals surface area contributed by atoms with Crippen molar-refractivity contribution in [3.63, 3.8) is 0 Å². The van der Waals surface area contributed by atoms with Crippen LogP contribution in [0.5, 0.6) is 5.75 Å². The van der Waals surface area contributed by atoms with Crippen molar-refractivity contribution in [3.05, 3.63) is 23.8 Å². The number of carbonyl (C=O) groups is 1. The summed E-state index contributed by atoms with van der Waals surface area (Å²) in [5, 5.41) is 3.05. The maximum absolute atomic E-state index is 12.7. The molecule has 2 unspecified atom stereocenters. The first-order chi connectivity index (χ1) is 12.0. The number of hydrogen-bond donors (Lipinski definition) is 2. The van der Waals surface area contributed by atoms with Crippen molar-refractivity contribution < 1.29 is 17.9 Å². The number of carbonyl (C=O) groups excluding carboxylic acids is 1. The molecule has 6 nitrogen and oxygen atoms in total. The van der Waals surface area contributed by atoms with E-state index in [9.17, 15) is 13.2 Å². The van der Waals surface area contributed by atoms with Crippen LogP contribution in [-0.4, -0.2) is 33.0 Å². The van der Waals surface area contributed by atoms with Crippen molar-refractivity contribution in [2.45, 2.75) is 69.9 Å². The molecule has 0 aliphatic heterocycles. The Morgan fingerprint density at radius 2 is 1.85 bits per heavy atom. The minimum atomic E-state index is -3.82. The number of benzene rings is 1. The smallest absolute Gasteiger partial charge is 0.251 e. The second-order valence-electron chi connectivity index (χ2n) is 8.06. The molecule has 2 N–H and O–H groups in total. The summed E-state index contributed by atoms with van der Waals surface area (Å²) in [7, 11) is -2.40. The van der Waals surface area contributed by atoms with Gasteiger partial charge in [0.1, 0.15) is 10.6 Å². The van der Waals surface area contributed by atoms with Gasteiger partial charge < -0.3 is 10.1 Å². The largest absolute Gasteiger partial charge is 0.495 e. The number of nitrogens with one attached hydrogen (secondary N) is 2. The van der Waals surface area contributed by atoms with Gasteiger partial charge in [-0.15, -0.1) is 0 Å². The van der Waals surface area contributed by atoms with Gasteiger partial charge in [-0.2, -0.15) is 0 Å². The van der Waals surface area contributed by atoms with Crippen molar-refractivity contribution >= 4 is 15.9 Å². The summed E-state index contributed by atoms with van der Waals surface area (Å²) in [6, 6.07) is 4.63. The average molecular weight is 383 g/mol. The van der Waals surface area contributed by atoms with Gasteiger partial charge in [0.05, 0.1) is 7.11 Å². The molecule has 1 amide bonds. The number of rotatable bonds is 5. The lowest BCUT2D eigenvalue weighted by Crippen LogP contribution is -2.41. The Bertz CT molecular complexity index is 753. The lowest BCUT2D eigenvalue weighted by atomic mass is 9.86. The Morgan fingerprint density at radius 3 is 2.42 bits per heavy atom. The molecule has 0 bridgehead atoms. The van der Waals surface area contributed by atoms with Crippen LogP contribution >= 0.6 is 0 Å². The monoisotopic (exact) mass is 382 g/mol. The molecule has 1 saturated carbocycles. The summed E-state index contributed by atoms with van der Waals surface area (Å²) < 4.78 is 33.2. The zero-order valence-electron chi connectivity index (χ0n) is 16.3. The minimum absolute atomic E-state index is 0.0285. The van der Waals surface area contributed by atoms with Crippen LogP contribution in [0.2, 0.25) is 0 Å². The van der Waals surface area contributed by atoms with Crippen molar-refractivity contribution in [1.82, 2.24) is 10.0 Å². The van der Waals surface area contributed by atoms with Crippen LogP contribution in [0.15, 0.2) is 23.1 Å². The van der Waals surface area contributed by atoms with E-state index in [0.29, 0.717) is 11.5 Å². The van der Waals surface area contributed by atoms with Crippen molar-refractivity contribution in [2.75, 3.05) is 7.11 Å². The molecule has 1 fully saturated rings. The van der Waals surface area contributed by atoms with E-state index >= 15 is 0 Å². The summed E-state index contributed by atoms with van der Waals surface area (Å²) in [5.41, 5.74) is -0.322. The van der Waals surface area contributed by atoms with E-state index in [2.05, 4.69) is 17.0 Å². The first kappa shape index (κ1) is 20.7. The van der Waals surface area contributed by atoms with Crippen molar-refractivity contribution in [1.29, 1.82) is 0 Å². The molecule has 26 heavy (non-hydrogen) atoms. The summed E-state index contributed by atoms with van der Waals surface area (Å²) in [5.74, 6) is 0.389. The fraction of sp³-hybridized carbons (Fsp3) is 0.632. The Labute approximate surface area is 156 Å². The van der Waals surface area contributed by atoms with E-state index in [0.717, 1.165) is 19.3 Å². The molecule has 1 aliphatic rings. The van der Waals surface area contributed by atoms with Crippen LogP contribution in [0, 0.1) is 5.92 Å². The lowest BCUT2D eigenvalue weighted by Gasteiger charge is -2.29. The highest BCUT2D eigenvalue weighted by molar-refractivity contribution is 7.89. The molecular formula is C19H30N2O4S. The maximum Gasteiger partial charge on any atom is 0.251 e. The number of sulfonamides is 1. The fourth-order valence-corrected chi connectivity index (χ4v) is 4.88. The first-order valence-corrected chi connectivity index (χ1v) is 10.5. The molecule has 0 aromatic heterocycles. The third-order valence-corrected chi connectivity index (χ3v) is 6.36. The highest BCUT2D eigenvalue weighted by atomic mass is 32.2. The Kier molecular flexibility index (Phi) is 6.34. The zero-order valence-corrected chi connectivity index (χ0v) is 17.1. The highest BCUT2D eigenvalue weighted by Crippen LogP contribution is 2.27. The van der Waals surface area contributed by atoms with Gasteiger partial charge in [-0.3, -0.25) is 4.79 Å². The third-order valence-electron chi connectivity index (χ3n) is 4.58. The number of ether oxygens (including phenoxy) is 1. The standard InChI is InChI=1S/C19H30N2O4S/c1-13-8-6-7-9-15(13)20-18(22)14-10-11-16(25-5)17(12-14)26(23,24)21-19(2,3)4/h10-13,15,21H,6-9H2,1-5H3,(H,20,22). The van der Waals surface area contributed by atoms with Gasteiger partial charge in [-0.1, -0.05) is 19.8 Å². The normalized spacial score (nSPS) is 21.3. The Balaban J connectivity index is 2.29. The van der Waals surface area contributed by atoms with Gasteiger partial charge >= 0.3 is 0 Å². The van der Waals surface area contributed by atoms with E-state index in [-0.39, 0.29) is 22.6 Å². The quantitative estimate of drug-likeness (QED) is 0.820. The number of amides is 1. The molecule has 1 aromatic rings. The number of methoxy groups -OCH3 is 1. The summed E-state index contributed by atoms with van der Waals surface area (Å²) >= 11 is 0. The second-order valence-corrected chi connectivity index (χ2v) is 9.71. The van der Waals surface area contributed by atoms with Gasteiger partial charge in [0, 0.05) is 17.1 Å². The molecular weight excluding hydrogens is 352 g/mol. The van der Waals surface area contributed by atoms with Gasteiger partial charge in [0.2, 0.25) is 10.0 Å². The van der Waals surface area contributed by atoms with Gasteiger partial charge in [-0.25, -0.2) is 13.1 Å². The van der Waals surface area contributed by atoms with Crippen molar-refractivity contribution in [3.8, 4) is 5.75 Å². The maximum atomic E-state index is 12.7. The van der Waals surface area contributed by atoms with Crippen LogP contribution in [0.1, 0.15) is 63.7 Å². The highest BCUT2D eigenvalue weighted by Gasteiger charge is 2.28. The van der Waals surface area contributed by atoms with Crippen LogP contribution in [0.3, 0.4) is 0 Å². The van der Waals surface area contributed by atoms with Crippen LogP contribution in [0.4, 0.5) is 0 Å². The van der Waals surface area contributed by atoms with E-state index in [1.165, 1.54) is 25.7 Å². The van der Waals surface area contributed by atoms with Gasteiger partial charge in [0.25, 0.3) is 5.91 Å². The van der Waals surface area contributed by atoms with Crippen LogP contribution in [0.25, 0.3) is 0 Å². The van der Waals surface area contributed by atoms with E-state index in [4.69, 9.17) is 4.74 Å². The molecule has 146 valence electrons. The van der Waals surface area contributed by atoms with Gasteiger partial charge in [0.15, 0.2) is 0 Å². The second kappa shape index (κ2) is 7.96. The molecule has 1 aromatic carbocycles.